The maximum atomic E-state index is 13.1. The lowest BCUT2D eigenvalue weighted by Crippen LogP contribution is -2.49. The highest BCUT2D eigenvalue weighted by atomic mass is 35.5. The number of amides is 1. The highest BCUT2D eigenvalue weighted by molar-refractivity contribution is 7.91. The first-order valence-corrected chi connectivity index (χ1v) is 15.5. The SMILES string of the molecule is Cc1c(Cl)cccc1S(=O)(=O)c1ccc(CNC(=O)c2cc3c([nH]2)CC2(CCCCCCCC2)NC3)cc1. The van der Waals surface area contributed by atoms with E-state index in [0.717, 1.165) is 18.5 Å². The van der Waals surface area contributed by atoms with Crippen molar-refractivity contribution in [3.63, 3.8) is 0 Å². The van der Waals surface area contributed by atoms with E-state index < -0.39 is 9.84 Å². The summed E-state index contributed by atoms with van der Waals surface area (Å²) in [6.07, 6.45) is 11.1. The number of sulfone groups is 1. The number of aromatic amines is 1. The lowest BCUT2D eigenvalue weighted by atomic mass is 9.80. The molecular formula is C30H36ClN3O3S. The number of H-pyrrole nitrogens is 1. The quantitative estimate of drug-likeness (QED) is 0.348. The molecule has 0 bridgehead atoms. The number of carbonyl (C=O) groups excluding carboxylic acids is 1. The van der Waals surface area contributed by atoms with Crippen LogP contribution in [0, 0.1) is 6.92 Å². The summed E-state index contributed by atoms with van der Waals surface area (Å²) >= 11 is 6.13. The minimum Gasteiger partial charge on any atom is -0.354 e. The topological polar surface area (TPSA) is 91.1 Å². The van der Waals surface area contributed by atoms with Gasteiger partial charge in [-0.3, -0.25) is 4.79 Å². The monoisotopic (exact) mass is 553 g/mol. The molecule has 0 saturated heterocycles. The van der Waals surface area contributed by atoms with Gasteiger partial charge in [0.15, 0.2) is 0 Å². The molecule has 3 aromatic rings. The summed E-state index contributed by atoms with van der Waals surface area (Å²) in [5.74, 6) is -0.158. The van der Waals surface area contributed by atoms with Crippen molar-refractivity contribution in [3.05, 3.63) is 81.6 Å². The van der Waals surface area contributed by atoms with Crippen molar-refractivity contribution in [2.75, 3.05) is 0 Å². The average molecular weight is 554 g/mol. The second-order valence-corrected chi connectivity index (χ2v) is 13.1. The van der Waals surface area contributed by atoms with Crippen LogP contribution in [0.4, 0.5) is 0 Å². The molecule has 1 aromatic heterocycles. The Hall–Kier alpha value is -2.61. The number of carbonyl (C=O) groups is 1. The summed E-state index contributed by atoms with van der Waals surface area (Å²) in [6, 6.07) is 13.5. The molecule has 8 heteroatoms. The molecule has 0 atom stereocenters. The zero-order valence-corrected chi connectivity index (χ0v) is 23.5. The first kappa shape index (κ1) is 27.0. The Morgan fingerprint density at radius 3 is 2.39 bits per heavy atom. The van der Waals surface area contributed by atoms with Crippen LogP contribution in [-0.4, -0.2) is 24.8 Å². The van der Waals surface area contributed by atoms with E-state index in [2.05, 4.69) is 15.6 Å². The van der Waals surface area contributed by atoms with Crippen LogP contribution in [0.1, 0.15) is 84.2 Å². The Labute approximate surface area is 230 Å². The van der Waals surface area contributed by atoms with Gasteiger partial charge in [-0.05, 0) is 66.8 Å². The van der Waals surface area contributed by atoms with Crippen molar-refractivity contribution < 1.29 is 13.2 Å². The third kappa shape index (κ3) is 5.70. The summed E-state index contributed by atoms with van der Waals surface area (Å²) in [6.45, 7) is 2.80. The molecule has 6 nitrogen and oxygen atoms in total. The van der Waals surface area contributed by atoms with Gasteiger partial charge in [-0.15, -0.1) is 0 Å². The Morgan fingerprint density at radius 1 is 1.00 bits per heavy atom. The van der Waals surface area contributed by atoms with E-state index in [0.29, 0.717) is 22.8 Å². The maximum absolute atomic E-state index is 13.1. The normalized spacial score (nSPS) is 17.7. The van der Waals surface area contributed by atoms with Crippen molar-refractivity contribution in [2.24, 2.45) is 0 Å². The Morgan fingerprint density at radius 2 is 1.68 bits per heavy atom. The van der Waals surface area contributed by atoms with Crippen molar-refractivity contribution >= 4 is 27.3 Å². The standard InChI is InChI=1S/C30H36ClN3O3S/c1-21-25(31)9-8-10-28(21)38(36,37)24-13-11-22(12-14-24)19-32-29(35)26-17-23-20-33-30(18-27(23)34-26)15-6-4-2-3-5-7-16-30/h8-14,17,33-34H,2-7,15-16,18-20H2,1H3,(H,32,35). The van der Waals surface area contributed by atoms with Gasteiger partial charge in [0.05, 0.1) is 9.79 Å². The molecule has 5 rings (SSSR count). The average Bonchev–Trinajstić information content (AvgIpc) is 3.37. The van der Waals surface area contributed by atoms with Crippen LogP contribution in [-0.2, 0) is 29.3 Å². The fourth-order valence-corrected chi connectivity index (χ4v) is 7.59. The third-order valence-corrected chi connectivity index (χ3v) is 10.5. The van der Waals surface area contributed by atoms with E-state index in [-0.39, 0.29) is 21.2 Å². The Kier molecular flexibility index (Phi) is 7.98. The Bertz CT molecular complexity index is 1400. The zero-order chi connectivity index (χ0) is 26.8. The largest absolute Gasteiger partial charge is 0.354 e. The Balaban J connectivity index is 1.22. The van der Waals surface area contributed by atoms with Gasteiger partial charge in [0.2, 0.25) is 9.84 Å². The first-order chi connectivity index (χ1) is 18.3. The molecule has 1 saturated carbocycles. The van der Waals surface area contributed by atoms with Gasteiger partial charge in [-0.2, -0.15) is 0 Å². The molecular weight excluding hydrogens is 518 g/mol. The zero-order valence-electron chi connectivity index (χ0n) is 21.9. The van der Waals surface area contributed by atoms with Crippen molar-refractivity contribution in [2.45, 2.75) is 93.1 Å². The fourth-order valence-electron chi connectivity index (χ4n) is 5.84. The van der Waals surface area contributed by atoms with Crippen LogP contribution in [0.2, 0.25) is 5.02 Å². The second-order valence-electron chi connectivity index (χ2n) is 10.8. The summed E-state index contributed by atoms with van der Waals surface area (Å²) in [5.41, 5.74) is 4.42. The van der Waals surface area contributed by atoms with Gasteiger partial charge in [0.25, 0.3) is 5.91 Å². The number of benzene rings is 2. The molecule has 1 spiro atoms. The van der Waals surface area contributed by atoms with Crippen LogP contribution in [0.3, 0.4) is 0 Å². The summed E-state index contributed by atoms with van der Waals surface area (Å²) in [7, 11) is -3.69. The lowest BCUT2D eigenvalue weighted by molar-refractivity contribution is 0.0946. The van der Waals surface area contributed by atoms with Crippen molar-refractivity contribution in [1.29, 1.82) is 0 Å². The van der Waals surface area contributed by atoms with Gasteiger partial charge in [0.1, 0.15) is 5.69 Å². The first-order valence-electron chi connectivity index (χ1n) is 13.6. The second kappa shape index (κ2) is 11.2. The molecule has 38 heavy (non-hydrogen) atoms. The molecule has 3 N–H and O–H groups in total. The van der Waals surface area contributed by atoms with Crippen LogP contribution >= 0.6 is 11.6 Å². The summed E-state index contributed by atoms with van der Waals surface area (Å²) in [4.78, 5) is 16.8. The molecule has 0 unspecified atom stereocenters. The van der Waals surface area contributed by atoms with Gasteiger partial charge in [0, 0.05) is 35.8 Å². The molecule has 2 heterocycles. The van der Waals surface area contributed by atoms with Crippen LogP contribution in [0.15, 0.2) is 58.3 Å². The molecule has 202 valence electrons. The van der Waals surface area contributed by atoms with Gasteiger partial charge >= 0.3 is 0 Å². The van der Waals surface area contributed by atoms with E-state index >= 15 is 0 Å². The fraction of sp³-hybridized carbons (Fsp3) is 0.433. The number of hydrogen-bond donors (Lipinski definition) is 3. The minimum atomic E-state index is -3.69. The highest BCUT2D eigenvalue weighted by Crippen LogP contribution is 2.34. The van der Waals surface area contributed by atoms with Crippen LogP contribution in [0.25, 0.3) is 0 Å². The number of aromatic nitrogens is 1. The van der Waals surface area contributed by atoms with E-state index in [1.54, 1.807) is 49.4 Å². The van der Waals surface area contributed by atoms with Gasteiger partial charge < -0.3 is 15.6 Å². The number of hydrogen-bond acceptors (Lipinski definition) is 4. The molecule has 0 radical (unpaired) electrons. The van der Waals surface area contributed by atoms with E-state index in [1.165, 1.54) is 62.6 Å². The van der Waals surface area contributed by atoms with E-state index in [4.69, 9.17) is 11.6 Å². The molecule has 1 aliphatic carbocycles. The molecule has 2 aliphatic rings. The summed E-state index contributed by atoms with van der Waals surface area (Å²) < 4.78 is 26.2. The molecule has 1 amide bonds. The molecule has 1 fully saturated rings. The number of rotatable bonds is 5. The number of fused-ring (bicyclic) bond motifs is 1. The molecule has 2 aromatic carbocycles. The predicted octanol–water partition coefficient (Wildman–Crippen LogP) is 6.26. The lowest BCUT2D eigenvalue weighted by Gasteiger charge is -2.38. The number of halogens is 1. The predicted molar refractivity (Wildman–Crippen MR) is 150 cm³/mol. The van der Waals surface area contributed by atoms with Crippen molar-refractivity contribution in [3.8, 4) is 0 Å². The third-order valence-electron chi connectivity index (χ3n) is 8.16. The van der Waals surface area contributed by atoms with Crippen molar-refractivity contribution in [1.82, 2.24) is 15.6 Å². The smallest absolute Gasteiger partial charge is 0.267 e. The minimum absolute atomic E-state index is 0.141. The van der Waals surface area contributed by atoms with Gasteiger partial charge in [-0.1, -0.05) is 68.3 Å². The van der Waals surface area contributed by atoms with Crippen LogP contribution < -0.4 is 10.6 Å². The van der Waals surface area contributed by atoms with Crippen LogP contribution in [0.5, 0.6) is 0 Å². The molecule has 1 aliphatic heterocycles. The van der Waals surface area contributed by atoms with E-state index in [9.17, 15) is 13.2 Å². The highest BCUT2D eigenvalue weighted by Gasteiger charge is 2.35. The number of nitrogens with one attached hydrogen (secondary N) is 3. The maximum Gasteiger partial charge on any atom is 0.267 e. The summed E-state index contributed by atoms with van der Waals surface area (Å²) in [5, 5.41) is 7.21. The van der Waals surface area contributed by atoms with E-state index in [1.807, 2.05) is 6.07 Å². The van der Waals surface area contributed by atoms with Gasteiger partial charge in [-0.25, -0.2) is 8.42 Å².